The number of nitrogens with one attached hydrogen (secondary N) is 1. The van der Waals surface area contributed by atoms with E-state index in [4.69, 9.17) is 13.3 Å². The lowest BCUT2D eigenvalue weighted by Crippen LogP contribution is -2.64. The fraction of sp³-hybridized carbons (Fsp3) is 1.00. The molecular formula is C17H39NO3Si. The molecule has 0 aromatic rings. The van der Waals surface area contributed by atoms with E-state index >= 15 is 0 Å². The minimum Gasteiger partial charge on any atom is -0.368 e. The molecule has 22 heavy (non-hydrogen) atoms. The van der Waals surface area contributed by atoms with Gasteiger partial charge in [-0.1, -0.05) is 0 Å². The molecule has 0 rings (SSSR count). The predicted octanol–water partition coefficient (Wildman–Crippen LogP) is 4.30. The van der Waals surface area contributed by atoms with Crippen LogP contribution in [0, 0.1) is 0 Å². The highest BCUT2D eigenvalue weighted by molar-refractivity contribution is 6.61. The van der Waals surface area contributed by atoms with Gasteiger partial charge in [0, 0.05) is 5.54 Å². The Morgan fingerprint density at radius 3 is 1.05 bits per heavy atom. The molecule has 0 heterocycles. The van der Waals surface area contributed by atoms with Crippen LogP contribution in [-0.2, 0) is 13.3 Å². The molecule has 0 aliphatic heterocycles. The van der Waals surface area contributed by atoms with Crippen molar-refractivity contribution in [3.8, 4) is 0 Å². The molecule has 5 heteroatoms. The van der Waals surface area contributed by atoms with Gasteiger partial charge in [-0.15, -0.1) is 0 Å². The third-order valence-corrected chi connectivity index (χ3v) is 5.60. The van der Waals surface area contributed by atoms with E-state index in [0.29, 0.717) is 6.17 Å². The predicted molar refractivity (Wildman–Crippen MR) is 96.0 cm³/mol. The molecule has 0 amide bonds. The van der Waals surface area contributed by atoms with Crippen LogP contribution in [0.1, 0.15) is 83.1 Å². The SMILES string of the molecule is CC(C)(C)NC[Si](OC(C)(C)C)(OC(C)(C)C)OC(C)(C)C. The van der Waals surface area contributed by atoms with Crippen LogP contribution in [0.4, 0.5) is 0 Å². The maximum absolute atomic E-state index is 6.40. The standard InChI is InChI=1S/C17H39NO3Si/c1-14(2,3)18-13-22(19-15(4,5)6,20-16(7,8)9)21-17(10,11)12/h18H,13H2,1-12H3. The smallest absolute Gasteiger partial charge is 0.368 e. The van der Waals surface area contributed by atoms with Crippen molar-refractivity contribution in [3.05, 3.63) is 0 Å². The molecule has 4 nitrogen and oxygen atoms in total. The van der Waals surface area contributed by atoms with E-state index in [2.05, 4.69) is 26.1 Å². The van der Waals surface area contributed by atoms with E-state index in [1.807, 2.05) is 62.3 Å². The summed E-state index contributed by atoms with van der Waals surface area (Å²) in [5.41, 5.74) is -1.02. The minimum absolute atomic E-state index is 0.0258. The first-order valence-electron chi connectivity index (χ1n) is 8.18. The Bertz CT molecular complexity index is 302. The van der Waals surface area contributed by atoms with Crippen molar-refractivity contribution in [2.75, 3.05) is 6.17 Å². The molecule has 0 spiro atoms. The maximum atomic E-state index is 6.40. The molecular weight excluding hydrogens is 294 g/mol. The summed E-state index contributed by atoms with van der Waals surface area (Å²) >= 11 is 0. The fourth-order valence-corrected chi connectivity index (χ4v) is 5.83. The van der Waals surface area contributed by atoms with E-state index in [9.17, 15) is 0 Å². The van der Waals surface area contributed by atoms with E-state index in [0.717, 1.165) is 0 Å². The molecule has 134 valence electrons. The summed E-state index contributed by atoms with van der Waals surface area (Å²) in [5, 5.41) is 3.52. The lowest BCUT2D eigenvalue weighted by Gasteiger charge is -2.44. The normalized spacial score (nSPS) is 15.3. The van der Waals surface area contributed by atoms with Crippen molar-refractivity contribution in [1.29, 1.82) is 0 Å². The summed E-state index contributed by atoms with van der Waals surface area (Å²) in [6, 6.07) is 0. The van der Waals surface area contributed by atoms with Gasteiger partial charge < -0.3 is 18.6 Å². The third-order valence-electron chi connectivity index (χ3n) is 2.22. The van der Waals surface area contributed by atoms with Crippen LogP contribution < -0.4 is 5.32 Å². The Morgan fingerprint density at radius 2 is 0.864 bits per heavy atom. The maximum Gasteiger partial charge on any atom is 0.516 e. The van der Waals surface area contributed by atoms with Gasteiger partial charge in [-0.05, 0) is 83.1 Å². The van der Waals surface area contributed by atoms with Gasteiger partial charge in [-0.2, -0.15) is 0 Å². The Hall–Kier alpha value is 0.0569. The first-order valence-corrected chi connectivity index (χ1v) is 10.1. The highest BCUT2D eigenvalue weighted by Crippen LogP contribution is 2.28. The van der Waals surface area contributed by atoms with Crippen LogP contribution in [0.15, 0.2) is 0 Å². The number of hydrogen-bond donors (Lipinski definition) is 1. The lowest BCUT2D eigenvalue weighted by molar-refractivity contribution is -0.0764. The minimum atomic E-state index is -2.92. The number of rotatable bonds is 5. The zero-order chi connectivity index (χ0) is 18.0. The quantitative estimate of drug-likeness (QED) is 0.762. The summed E-state index contributed by atoms with van der Waals surface area (Å²) in [6.45, 7) is 24.8. The second-order valence-electron chi connectivity index (χ2n) is 9.93. The van der Waals surface area contributed by atoms with Gasteiger partial charge in [0.15, 0.2) is 0 Å². The molecule has 0 unspecified atom stereocenters. The van der Waals surface area contributed by atoms with Gasteiger partial charge in [-0.25, -0.2) is 0 Å². The number of hydrogen-bond acceptors (Lipinski definition) is 4. The van der Waals surface area contributed by atoms with Crippen LogP contribution in [0.5, 0.6) is 0 Å². The first-order chi connectivity index (χ1) is 9.33. The van der Waals surface area contributed by atoms with Gasteiger partial charge in [0.1, 0.15) is 0 Å². The van der Waals surface area contributed by atoms with Gasteiger partial charge in [0.2, 0.25) is 0 Å². The van der Waals surface area contributed by atoms with Crippen LogP contribution in [-0.4, -0.2) is 37.3 Å². The molecule has 0 atom stereocenters. The summed E-state index contributed by atoms with van der Waals surface area (Å²) in [6.07, 6.45) is 0.586. The molecule has 0 aromatic heterocycles. The van der Waals surface area contributed by atoms with Crippen LogP contribution in [0.2, 0.25) is 0 Å². The van der Waals surface area contributed by atoms with Crippen LogP contribution >= 0.6 is 0 Å². The Kier molecular flexibility index (Phi) is 6.91. The highest BCUT2D eigenvalue weighted by atomic mass is 28.4. The summed E-state index contributed by atoms with van der Waals surface area (Å²) in [7, 11) is -2.92. The summed E-state index contributed by atoms with van der Waals surface area (Å²) < 4.78 is 19.2. The Morgan fingerprint density at radius 1 is 0.591 bits per heavy atom. The second kappa shape index (κ2) is 6.89. The molecule has 0 aromatic carbocycles. The molecule has 0 saturated heterocycles. The molecule has 0 aliphatic rings. The second-order valence-corrected chi connectivity index (χ2v) is 12.3. The molecule has 1 N–H and O–H groups in total. The van der Waals surface area contributed by atoms with Crippen molar-refractivity contribution in [2.45, 2.75) is 105 Å². The van der Waals surface area contributed by atoms with Crippen LogP contribution in [0.3, 0.4) is 0 Å². The Balaban J connectivity index is 5.58. The molecule has 0 fully saturated rings. The van der Waals surface area contributed by atoms with Gasteiger partial charge in [0.05, 0.1) is 23.0 Å². The average molecular weight is 334 g/mol. The van der Waals surface area contributed by atoms with Gasteiger partial charge in [-0.3, -0.25) is 0 Å². The van der Waals surface area contributed by atoms with E-state index in [1.54, 1.807) is 0 Å². The monoisotopic (exact) mass is 333 g/mol. The third kappa shape index (κ3) is 11.6. The van der Waals surface area contributed by atoms with Gasteiger partial charge in [0.25, 0.3) is 0 Å². The van der Waals surface area contributed by atoms with Crippen molar-refractivity contribution in [3.63, 3.8) is 0 Å². The van der Waals surface area contributed by atoms with E-state index < -0.39 is 8.80 Å². The molecule has 0 aliphatic carbocycles. The average Bonchev–Trinajstić information content (AvgIpc) is 2.04. The zero-order valence-corrected chi connectivity index (χ0v) is 17.9. The topological polar surface area (TPSA) is 39.7 Å². The highest BCUT2D eigenvalue weighted by Gasteiger charge is 2.50. The van der Waals surface area contributed by atoms with Gasteiger partial charge >= 0.3 is 8.80 Å². The first kappa shape index (κ1) is 22.1. The lowest BCUT2D eigenvalue weighted by atomic mass is 10.1. The molecule has 0 radical (unpaired) electrons. The Labute approximate surface area is 139 Å². The fourth-order valence-electron chi connectivity index (χ4n) is 1.94. The zero-order valence-electron chi connectivity index (χ0n) is 16.9. The van der Waals surface area contributed by atoms with Crippen molar-refractivity contribution in [1.82, 2.24) is 5.32 Å². The molecule has 0 bridgehead atoms. The summed E-state index contributed by atoms with van der Waals surface area (Å²) in [5.74, 6) is 0. The molecule has 0 saturated carbocycles. The van der Waals surface area contributed by atoms with Crippen molar-refractivity contribution < 1.29 is 13.3 Å². The van der Waals surface area contributed by atoms with Crippen LogP contribution in [0.25, 0.3) is 0 Å². The van der Waals surface area contributed by atoms with Crippen molar-refractivity contribution in [2.24, 2.45) is 0 Å². The van der Waals surface area contributed by atoms with Crippen molar-refractivity contribution >= 4 is 8.80 Å². The van der Waals surface area contributed by atoms with E-state index in [-0.39, 0.29) is 22.3 Å². The van der Waals surface area contributed by atoms with E-state index in [1.165, 1.54) is 0 Å². The summed E-state index contributed by atoms with van der Waals surface area (Å²) in [4.78, 5) is 0. The largest absolute Gasteiger partial charge is 0.516 e.